The van der Waals surface area contributed by atoms with Crippen molar-refractivity contribution in [3.05, 3.63) is 102 Å². The third kappa shape index (κ3) is 4.41. The van der Waals surface area contributed by atoms with E-state index in [4.69, 9.17) is 0 Å². The molecule has 0 saturated heterocycles. The Morgan fingerprint density at radius 3 is 1.60 bits per heavy atom. The van der Waals surface area contributed by atoms with Crippen molar-refractivity contribution >= 4 is 16.6 Å². The van der Waals surface area contributed by atoms with Crippen LogP contribution in [0.3, 0.4) is 0 Å². The third-order valence-electron chi connectivity index (χ3n) is 6.26. The molecule has 0 spiro atoms. The normalized spacial score (nSPS) is 15.5. The van der Waals surface area contributed by atoms with Crippen LogP contribution in [0.2, 0.25) is 13.1 Å². The Hall–Kier alpha value is -1.50. The van der Waals surface area contributed by atoms with Crippen LogP contribution < -0.4 is 0 Å². The van der Waals surface area contributed by atoms with Gasteiger partial charge in [0.2, 0.25) is 0 Å². The van der Waals surface area contributed by atoms with Gasteiger partial charge in [0.1, 0.15) is 0 Å². The van der Waals surface area contributed by atoms with Gasteiger partial charge in [-0.2, -0.15) is 0 Å². The van der Waals surface area contributed by atoms with Crippen molar-refractivity contribution in [3.8, 4) is 0 Å². The van der Waals surface area contributed by atoms with Gasteiger partial charge in [0, 0.05) is 0 Å². The van der Waals surface area contributed by atoms with Crippen LogP contribution in [0.4, 0.5) is 0 Å². The van der Waals surface area contributed by atoms with Gasteiger partial charge < -0.3 is 0 Å². The Morgan fingerprint density at radius 1 is 0.733 bits per heavy atom. The molecule has 0 aromatic heterocycles. The molecule has 2 aromatic rings. The summed E-state index contributed by atoms with van der Waals surface area (Å²) in [5.41, 5.74) is 8.56. The van der Waals surface area contributed by atoms with E-state index in [1.807, 2.05) is 6.56 Å². The molecule has 0 heterocycles. The Kier molecular flexibility index (Phi) is 7.06. The molecule has 0 nitrogen and oxygen atoms in total. The van der Waals surface area contributed by atoms with E-state index >= 15 is 0 Å². The minimum absolute atomic E-state index is 0.348. The molecule has 0 aliphatic heterocycles. The summed E-state index contributed by atoms with van der Waals surface area (Å²) < 4.78 is 3.68. The number of hydrogen-bond acceptors (Lipinski definition) is 0. The van der Waals surface area contributed by atoms with Crippen molar-refractivity contribution in [1.82, 2.24) is 0 Å². The van der Waals surface area contributed by atoms with Crippen molar-refractivity contribution in [3.63, 3.8) is 0 Å². The summed E-state index contributed by atoms with van der Waals surface area (Å²) in [6.45, 7) is 9.67. The van der Waals surface area contributed by atoms with E-state index in [1.165, 1.54) is 35.1 Å². The number of allylic oxidation sites excluding steroid dienone is 8. The molecular formula is C28H32SiZr. The summed E-state index contributed by atoms with van der Waals surface area (Å²) in [7, 11) is 0. The first-order valence-corrected chi connectivity index (χ1v) is 19.9. The predicted octanol–water partition coefficient (Wildman–Crippen LogP) is 7.72. The standard InChI is InChI=1S/2C13H13.C2H6Si.Zr/c2*1-2-11-6-5-9-13(10-11)12-7-3-4-8-12;1-3-2;/h2*3,5-7,9-10H,2,4H2,1H3;1-2H3;. The van der Waals surface area contributed by atoms with Gasteiger partial charge in [0.25, 0.3) is 0 Å². The van der Waals surface area contributed by atoms with Crippen molar-refractivity contribution < 1.29 is 20.4 Å². The summed E-state index contributed by atoms with van der Waals surface area (Å²) >= 11 is -1.91. The zero-order chi connectivity index (χ0) is 21.1. The van der Waals surface area contributed by atoms with Gasteiger partial charge in [0.15, 0.2) is 0 Å². The molecule has 0 unspecified atom stereocenters. The molecule has 2 aliphatic rings. The van der Waals surface area contributed by atoms with E-state index < -0.39 is 20.4 Å². The number of benzene rings is 2. The number of hydrogen-bond donors (Lipinski definition) is 0. The second-order valence-corrected chi connectivity index (χ2v) is 25.6. The summed E-state index contributed by atoms with van der Waals surface area (Å²) in [6, 6.07) is 18.5. The Bertz CT molecular complexity index is 1040. The second-order valence-electron chi connectivity index (χ2n) is 8.48. The first-order valence-electron chi connectivity index (χ1n) is 11.3. The third-order valence-corrected chi connectivity index (χ3v) is 23.5. The molecule has 2 aliphatic carbocycles. The topological polar surface area (TPSA) is 0 Å². The summed E-state index contributed by atoms with van der Waals surface area (Å²) in [5, 5.41) is 0. The van der Waals surface area contributed by atoms with Crippen LogP contribution in [0.25, 0.3) is 11.1 Å². The quantitative estimate of drug-likeness (QED) is 0.366. The zero-order valence-corrected chi connectivity index (χ0v) is 22.2. The van der Waals surface area contributed by atoms with Crippen molar-refractivity contribution in [2.24, 2.45) is 0 Å². The van der Waals surface area contributed by atoms with E-state index in [9.17, 15) is 0 Å². The van der Waals surface area contributed by atoms with Crippen molar-refractivity contribution in [2.45, 2.75) is 52.6 Å². The van der Waals surface area contributed by atoms with Crippen LogP contribution in [-0.4, -0.2) is 5.43 Å². The predicted molar refractivity (Wildman–Crippen MR) is 130 cm³/mol. The molecule has 2 heteroatoms. The van der Waals surface area contributed by atoms with Crippen LogP contribution in [0.1, 0.15) is 48.9 Å². The van der Waals surface area contributed by atoms with Crippen molar-refractivity contribution in [1.29, 1.82) is 0 Å². The number of aryl methyl sites for hydroxylation is 2. The first-order chi connectivity index (χ1) is 14.6. The Morgan fingerprint density at radius 2 is 1.20 bits per heavy atom. The second kappa shape index (κ2) is 9.75. The molecule has 0 atom stereocenters. The van der Waals surface area contributed by atoms with E-state index in [0.717, 1.165) is 12.8 Å². The van der Waals surface area contributed by atoms with E-state index in [2.05, 4.69) is 99.8 Å². The van der Waals surface area contributed by atoms with Gasteiger partial charge in [-0.15, -0.1) is 0 Å². The fourth-order valence-electron chi connectivity index (χ4n) is 4.73. The Labute approximate surface area is 190 Å². The van der Waals surface area contributed by atoms with Gasteiger partial charge in [-0.1, -0.05) is 0 Å². The molecule has 0 saturated carbocycles. The summed E-state index contributed by atoms with van der Waals surface area (Å²) in [6.07, 6.45) is 14.3. The first kappa shape index (κ1) is 21.7. The molecular weight excluding hydrogens is 456 g/mol. The van der Waals surface area contributed by atoms with Gasteiger partial charge in [-0.3, -0.25) is 0 Å². The van der Waals surface area contributed by atoms with E-state index in [1.54, 1.807) is 11.1 Å². The Balaban J connectivity index is 1.85. The maximum absolute atomic E-state index is 2.58. The number of rotatable bonds is 6. The average molecular weight is 488 g/mol. The molecule has 4 rings (SSSR count). The van der Waals surface area contributed by atoms with E-state index in [-0.39, 0.29) is 5.43 Å². The fourth-order valence-corrected chi connectivity index (χ4v) is 22.6. The van der Waals surface area contributed by atoms with Gasteiger partial charge in [-0.05, 0) is 0 Å². The van der Waals surface area contributed by atoms with Gasteiger partial charge >= 0.3 is 191 Å². The van der Waals surface area contributed by atoms with Crippen LogP contribution in [0, 0.1) is 0 Å². The minimum atomic E-state index is -1.91. The zero-order valence-electron chi connectivity index (χ0n) is 18.8. The molecule has 30 heavy (non-hydrogen) atoms. The van der Waals surface area contributed by atoms with Gasteiger partial charge in [-0.25, -0.2) is 0 Å². The van der Waals surface area contributed by atoms with Crippen LogP contribution >= 0.6 is 0 Å². The molecule has 0 N–H and O–H groups in total. The van der Waals surface area contributed by atoms with Crippen LogP contribution in [-0.2, 0) is 33.2 Å². The fraction of sp³-hybridized carbons (Fsp3) is 0.286. The van der Waals surface area contributed by atoms with Crippen LogP contribution in [0.5, 0.6) is 0 Å². The summed E-state index contributed by atoms with van der Waals surface area (Å²) in [5.74, 6) is 0. The molecule has 0 fully saturated rings. The van der Waals surface area contributed by atoms with E-state index in [0.29, 0.717) is 0 Å². The molecule has 2 aromatic carbocycles. The summed E-state index contributed by atoms with van der Waals surface area (Å²) in [4.78, 5) is 0. The van der Waals surface area contributed by atoms with Gasteiger partial charge in [0.05, 0.1) is 0 Å². The monoisotopic (exact) mass is 486 g/mol. The van der Waals surface area contributed by atoms with Crippen LogP contribution in [0.15, 0.2) is 79.4 Å². The SMILES string of the molecule is CCc1cccc(C2=[C]([Zr]([C]3=C(c4cccc(CC)c4)C=CC3)=[Si](C)C)CC=C2)c1. The average Bonchev–Trinajstić information content (AvgIpc) is 3.44. The molecule has 0 bridgehead atoms. The maximum atomic E-state index is 2.58. The molecule has 152 valence electrons. The van der Waals surface area contributed by atoms with Crippen molar-refractivity contribution in [2.75, 3.05) is 0 Å². The molecule has 0 radical (unpaired) electrons. The molecule has 0 amide bonds.